The molecule has 0 saturated carbocycles. The highest BCUT2D eigenvalue weighted by Crippen LogP contribution is 2.15. The Morgan fingerprint density at radius 2 is 1.86 bits per heavy atom. The van der Waals surface area contributed by atoms with Gasteiger partial charge in [-0.1, -0.05) is 19.1 Å². The van der Waals surface area contributed by atoms with Gasteiger partial charge >= 0.3 is 6.61 Å². The monoisotopic (exact) mass is 397 g/mol. The molecule has 0 radical (unpaired) electrons. The highest BCUT2D eigenvalue weighted by molar-refractivity contribution is 5.79. The van der Waals surface area contributed by atoms with Gasteiger partial charge in [-0.25, -0.2) is 0 Å². The molecule has 1 aliphatic heterocycles. The number of hydrogen-bond acceptors (Lipinski definition) is 4. The molecule has 1 aromatic carbocycles. The van der Waals surface area contributed by atoms with Crippen LogP contribution in [-0.2, 0) is 6.54 Å². The normalized spacial score (nSPS) is 17.6. The van der Waals surface area contributed by atoms with E-state index in [1.165, 1.54) is 0 Å². The molecule has 6 nitrogen and oxygen atoms in total. The maximum atomic E-state index is 12.2. The number of alkyl halides is 2. The first-order chi connectivity index (χ1) is 13.4. The summed E-state index contributed by atoms with van der Waals surface area (Å²) in [6, 6.07) is 7.12. The van der Waals surface area contributed by atoms with Crippen molar-refractivity contribution in [2.75, 3.05) is 53.4 Å². The topological polar surface area (TPSA) is 43.3 Å². The van der Waals surface area contributed by atoms with E-state index in [0.717, 1.165) is 50.8 Å². The van der Waals surface area contributed by atoms with E-state index in [4.69, 9.17) is 0 Å². The molecule has 1 aromatic rings. The summed E-state index contributed by atoms with van der Waals surface area (Å²) in [5.74, 6) is 0.979. The first kappa shape index (κ1) is 22.4. The van der Waals surface area contributed by atoms with Crippen LogP contribution in [0.2, 0.25) is 0 Å². The fourth-order valence-electron chi connectivity index (χ4n) is 3.40. The standard InChI is InChI=1S/C20H33F2N5O/c1-5-26-10-12-27(13-11-26)16(2)14-24-20(23-3)25(4)15-17-6-8-18(9-7-17)28-19(21)22/h6-9,16,19H,5,10-15H2,1-4H3,(H,23,24). The molecule has 1 saturated heterocycles. The zero-order chi connectivity index (χ0) is 20.5. The van der Waals surface area contributed by atoms with Crippen LogP contribution >= 0.6 is 0 Å². The number of aliphatic imine (C=N–C) groups is 1. The van der Waals surface area contributed by atoms with Gasteiger partial charge in [-0.2, -0.15) is 8.78 Å². The van der Waals surface area contributed by atoms with Crippen molar-refractivity contribution in [2.24, 2.45) is 4.99 Å². The van der Waals surface area contributed by atoms with Gasteiger partial charge < -0.3 is 19.9 Å². The molecule has 1 atom stereocenters. The van der Waals surface area contributed by atoms with E-state index in [9.17, 15) is 8.78 Å². The average Bonchev–Trinajstić information content (AvgIpc) is 2.69. The molecule has 1 N–H and O–H groups in total. The smallest absolute Gasteiger partial charge is 0.387 e. The largest absolute Gasteiger partial charge is 0.435 e. The Balaban J connectivity index is 1.80. The number of ether oxygens (including phenoxy) is 1. The van der Waals surface area contributed by atoms with Crippen LogP contribution in [-0.4, -0.2) is 86.7 Å². The molecule has 8 heteroatoms. The van der Waals surface area contributed by atoms with Crippen molar-refractivity contribution in [1.82, 2.24) is 20.0 Å². The van der Waals surface area contributed by atoms with Crippen LogP contribution in [0, 0.1) is 0 Å². The van der Waals surface area contributed by atoms with Gasteiger partial charge in [0.25, 0.3) is 0 Å². The maximum Gasteiger partial charge on any atom is 0.387 e. The van der Waals surface area contributed by atoms with Crippen molar-refractivity contribution in [3.05, 3.63) is 29.8 Å². The molecule has 1 aliphatic rings. The van der Waals surface area contributed by atoms with Gasteiger partial charge in [-0.3, -0.25) is 9.89 Å². The minimum Gasteiger partial charge on any atom is -0.435 e. The van der Waals surface area contributed by atoms with Gasteiger partial charge in [0.15, 0.2) is 5.96 Å². The number of nitrogens with zero attached hydrogens (tertiary/aromatic N) is 4. The first-order valence-electron chi connectivity index (χ1n) is 9.84. The van der Waals surface area contributed by atoms with Crippen LogP contribution in [0.5, 0.6) is 5.75 Å². The lowest BCUT2D eigenvalue weighted by Gasteiger charge is -2.38. The zero-order valence-corrected chi connectivity index (χ0v) is 17.4. The van der Waals surface area contributed by atoms with Gasteiger partial charge in [0, 0.05) is 59.4 Å². The lowest BCUT2D eigenvalue weighted by atomic mass is 10.2. The van der Waals surface area contributed by atoms with Gasteiger partial charge in [0.05, 0.1) is 0 Å². The van der Waals surface area contributed by atoms with Crippen molar-refractivity contribution in [3.63, 3.8) is 0 Å². The summed E-state index contributed by atoms with van der Waals surface area (Å²) in [4.78, 5) is 11.4. The second kappa shape index (κ2) is 11.2. The lowest BCUT2D eigenvalue weighted by molar-refractivity contribution is -0.0498. The number of likely N-dealkylation sites (N-methyl/N-ethyl adjacent to an activating group) is 1. The Hall–Kier alpha value is -1.93. The van der Waals surface area contributed by atoms with Crippen molar-refractivity contribution in [1.29, 1.82) is 0 Å². The minimum absolute atomic E-state index is 0.168. The van der Waals surface area contributed by atoms with E-state index >= 15 is 0 Å². The molecule has 1 heterocycles. The summed E-state index contributed by atoms with van der Waals surface area (Å²) < 4.78 is 28.9. The van der Waals surface area contributed by atoms with Crippen LogP contribution < -0.4 is 10.1 Å². The van der Waals surface area contributed by atoms with Gasteiger partial charge in [-0.05, 0) is 31.2 Å². The quantitative estimate of drug-likeness (QED) is 0.539. The highest BCUT2D eigenvalue weighted by Gasteiger charge is 2.20. The lowest BCUT2D eigenvalue weighted by Crippen LogP contribution is -2.53. The van der Waals surface area contributed by atoms with Crippen LogP contribution in [0.1, 0.15) is 19.4 Å². The Kier molecular flexibility index (Phi) is 8.92. The Bertz CT molecular complexity index is 603. The number of hydrogen-bond donors (Lipinski definition) is 1. The summed E-state index contributed by atoms with van der Waals surface area (Å²) in [5, 5.41) is 3.45. The zero-order valence-electron chi connectivity index (χ0n) is 17.4. The molecule has 0 aromatic heterocycles. The summed E-state index contributed by atoms with van der Waals surface area (Å²) in [6.45, 7) is 8.65. The number of benzene rings is 1. The molecule has 0 amide bonds. The van der Waals surface area contributed by atoms with Crippen molar-refractivity contribution in [3.8, 4) is 5.75 Å². The van der Waals surface area contributed by atoms with Gasteiger partial charge in [-0.15, -0.1) is 0 Å². The number of rotatable bonds is 8. The molecule has 1 fully saturated rings. The van der Waals surface area contributed by atoms with Crippen molar-refractivity contribution >= 4 is 5.96 Å². The maximum absolute atomic E-state index is 12.2. The first-order valence-corrected chi connectivity index (χ1v) is 9.84. The van der Waals surface area contributed by atoms with Gasteiger partial charge in [0.1, 0.15) is 5.75 Å². The molecule has 0 spiro atoms. The predicted molar refractivity (Wildman–Crippen MR) is 109 cm³/mol. The third-order valence-corrected chi connectivity index (χ3v) is 5.17. The summed E-state index contributed by atoms with van der Waals surface area (Å²) in [5.41, 5.74) is 0.996. The fraction of sp³-hybridized carbons (Fsp3) is 0.650. The molecule has 2 rings (SSSR count). The minimum atomic E-state index is -2.80. The molecule has 0 aliphatic carbocycles. The number of nitrogens with one attached hydrogen (secondary N) is 1. The predicted octanol–water partition coefficient (Wildman–Crippen LogP) is 2.32. The van der Waals surface area contributed by atoms with Gasteiger partial charge in [0.2, 0.25) is 0 Å². The van der Waals surface area contributed by atoms with Crippen molar-refractivity contribution in [2.45, 2.75) is 33.0 Å². The van der Waals surface area contributed by atoms with E-state index < -0.39 is 6.61 Å². The van der Waals surface area contributed by atoms with Crippen LogP contribution in [0.3, 0.4) is 0 Å². The third kappa shape index (κ3) is 6.91. The van der Waals surface area contributed by atoms with Crippen LogP contribution in [0.4, 0.5) is 8.78 Å². The molecular weight excluding hydrogens is 364 g/mol. The van der Waals surface area contributed by atoms with Crippen LogP contribution in [0.15, 0.2) is 29.3 Å². The molecular formula is C20H33F2N5O. The number of piperazine rings is 1. The fourth-order valence-corrected chi connectivity index (χ4v) is 3.40. The number of halogens is 2. The second-order valence-corrected chi connectivity index (χ2v) is 7.13. The highest BCUT2D eigenvalue weighted by atomic mass is 19.3. The van der Waals surface area contributed by atoms with E-state index in [1.807, 2.05) is 11.9 Å². The summed E-state index contributed by atoms with van der Waals surface area (Å²) in [7, 11) is 3.73. The Morgan fingerprint density at radius 1 is 1.21 bits per heavy atom. The van der Waals surface area contributed by atoms with Crippen molar-refractivity contribution < 1.29 is 13.5 Å². The molecule has 158 valence electrons. The van der Waals surface area contributed by atoms with E-state index in [2.05, 4.69) is 38.7 Å². The Morgan fingerprint density at radius 3 is 2.39 bits per heavy atom. The molecule has 28 heavy (non-hydrogen) atoms. The van der Waals surface area contributed by atoms with E-state index in [-0.39, 0.29) is 5.75 Å². The number of guanidine groups is 1. The average molecular weight is 398 g/mol. The van der Waals surface area contributed by atoms with E-state index in [1.54, 1.807) is 31.3 Å². The van der Waals surface area contributed by atoms with Crippen LogP contribution in [0.25, 0.3) is 0 Å². The molecule has 0 bridgehead atoms. The summed E-state index contributed by atoms with van der Waals surface area (Å²) >= 11 is 0. The third-order valence-electron chi connectivity index (χ3n) is 5.17. The summed E-state index contributed by atoms with van der Waals surface area (Å²) in [6.07, 6.45) is 0. The second-order valence-electron chi connectivity index (χ2n) is 7.13. The molecule has 1 unspecified atom stereocenters. The van der Waals surface area contributed by atoms with E-state index in [0.29, 0.717) is 12.6 Å². The Labute approximate surface area is 167 Å². The SMILES string of the molecule is CCN1CCN(C(C)CNC(=NC)N(C)Cc2ccc(OC(F)F)cc2)CC1.